The van der Waals surface area contributed by atoms with Crippen LogP contribution in [0, 0.1) is 13.8 Å². The summed E-state index contributed by atoms with van der Waals surface area (Å²) in [4.78, 5) is 3.54. The molecule has 0 fully saturated rings. The third-order valence-corrected chi connectivity index (χ3v) is 6.15. The van der Waals surface area contributed by atoms with E-state index in [0.717, 1.165) is 22.2 Å². The smallest absolute Gasteiger partial charge is 0.240 e. The number of methoxy groups -OCH3 is 2. The molecule has 0 saturated heterocycles. The molecule has 0 amide bonds. The summed E-state index contributed by atoms with van der Waals surface area (Å²) in [6.45, 7) is 4.37. The molecule has 27 heavy (non-hydrogen) atoms. The lowest BCUT2D eigenvalue weighted by atomic mass is 10.1. The number of aryl methyl sites for hydroxylation is 2. The highest BCUT2D eigenvalue weighted by molar-refractivity contribution is 7.89. The number of benzene rings is 2. The number of nitrogens with one attached hydrogen (secondary N) is 2. The number of aromatic amines is 1. The molecule has 1 heterocycles. The molecule has 3 rings (SSSR count). The third-order valence-electron chi connectivity index (χ3n) is 4.70. The van der Waals surface area contributed by atoms with Crippen molar-refractivity contribution in [3.8, 4) is 11.5 Å². The molecule has 0 saturated carbocycles. The van der Waals surface area contributed by atoms with Crippen LogP contribution in [-0.4, -0.2) is 34.2 Å². The molecule has 1 aromatic heterocycles. The molecular weight excluding hydrogens is 364 g/mol. The van der Waals surface area contributed by atoms with Crippen molar-refractivity contribution < 1.29 is 17.9 Å². The van der Waals surface area contributed by atoms with Crippen LogP contribution in [0.5, 0.6) is 11.5 Å². The van der Waals surface area contributed by atoms with Gasteiger partial charge in [-0.05, 0) is 43.5 Å². The van der Waals surface area contributed by atoms with E-state index in [2.05, 4.69) is 28.8 Å². The molecule has 6 nitrogen and oxygen atoms in total. The summed E-state index contributed by atoms with van der Waals surface area (Å²) < 4.78 is 38.2. The third kappa shape index (κ3) is 3.79. The molecule has 0 radical (unpaired) electrons. The zero-order chi connectivity index (χ0) is 19.6. The SMILES string of the molecule is COc1ccc(S(=O)(=O)NCCc2c(C)[nH]c3c(C)cccc23)cc1OC. The number of H-pyrrole nitrogens is 1. The molecule has 7 heteroatoms. The molecule has 0 aliphatic heterocycles. The van der Waals surface area contributed by atoms with Crippen LogP contribution in [0.3, 0.4) is 0 Å². The fourth-order valence-electron chi connectivity index (χ4n) is 3.25. The normalized spacial score (nSPS) is 11.7. The Morgan fingerprint density at radius 3 is 2.48 bits per heavy atom. The van der Waals surface area contributed by atoms with Crippen molar-refractivity contribution in [2.24, 2.45) is 0 Å². The number of hydrogen-bond acceptors (Lipinski definition) is 4. The van der Waals surface area contributed by atoms with Crippen LogP contribution in [0.1, 0.15) is 16.8 Å². The first-order chi connectivity index (χ1) is 12.9. The average molecular weight is 388 g/mol. The zero-order valence-electron chi connectivity index (χ0n) is 15.9. The molecule has 0 aliphatic carbocycles. The number of hydrogen-bond donors (Lipinski definition) is 2. The summed E-state index contributed by atoms with van der Waals surface area (Å²) in [5.41, 5.74) is 4.47. The van der Waals surface area contributed by atoms with Gasteiger partial charge in [-0.3, -0.25) is 0 Å². The number of sulfonamides is 1. The van der Waals surface area contributed by atoms with Gasteiger partial charge in [0, 0.05) is 29.2 Å². The van der Waals surface area contributed by atoms with E-state index in [9.17, 15) is 8.42 Å². The minimum atomic E-state index is -3.64. The number of aromatic nitrogens is 1. The van der Waals surface area contributed by atoms with Gasteiger partial charge >= 0.3 is 0 Å². The number of para-hydroxylation sites is 1. The summed E-state index contributed by atoms with van der Waals surface area (Å²) in [7, 11) is -0.656. The zero-order valence-corrected chi connectivity index (χ0v) is 16.7. The van der Waals surface area contributed by atoms with Crippen molar-refractivity contribution >= 4 is 20.9 Å². The molecule has 144 valence electrons. The standard InChI is InChI=1S/C20H24N2O4S/c1-13-6-5-7-17-16(14(2)22-20(13)17)10-11-21-27(23,24)15-8-9-18(25-3)19(12-15)26-4/h5-9,12,21-22H,10-11H2,1-4H3. The maximum absolute atomic E-state index is 12.6. The molecule has 0 spiro atoms. The second kappa shape index (κ2) is 7.62. The Kier molecular flexibility index (Phi) is 5.43. The van der Waals surface area contributed by atoms with Crippen molar-refractivity contribution in [2.45, 2.75) is 25.2 Å². The van der Waals surface area contributed by atoms with E-state index in [1.54, 1.807) is 6.07 Å². The Balaban J connectivity index is 1.77. The monoisotopic (exact) mass is 388 g/mol. The van der Waals surface area contributed by atoms with Crippen molar-refractivity contribution in [3.63, 3.8) is 0 Å². The quantitative estimate of drug-likeness (QED) is 0.651. The maximum atomic E-state index is 12.6. The van der Waals surface area contributed by atoms with Gasteiger partial charge in [0.25, 0.3) is 0 Å². The van der Waals surface area contributed by atoms with Crippen LogP contribution < -0.4 is 14.2 Å². The molecule has 3 aromatic rings. The highest BCUT2D eigenvalue weighted by Gasteiger charge is 2.17. The average Bonchev–Trinajstić information content (AvgIpc) is 2.98. The van der Waals surface area contributed by atoms with Crippen molar-refractivity contribution in [2.75, 3.05) is 20.8 Å². The Hall–Kier alpha value is -2.51. The van der Waals surface area contributed by atoms with Crippen LogP contribution in [0.4, 0.5) is 0 Å². The second-order valence-electron chi connectivity index (χ2n) is 6.39. The molecule has 2 aromatic carbocycles. The topological polar surface area (TPSA) is 80.4 Å². The van der Waals surface area contributed by atoms with Gasteiger partial charge in [0.05, 0.1) is 19.1 Å². The van der Waals surface area contributed by atoms with E-state index in [1.807, 2.05) is 13.0 Å². The fraction of sp³-hybridized carbons (Fsp3) is 0.300. The lowest BCUT2D eigenvalue weighted by Gasteiger charge is -2.11. The number of ether oxygens (including phenoxy) is 2. The van der Waals surface area contributed by atoms with E-state index in [4.69, 9.17) is 9.47 Å². The molecular formula is C20H24N2O4S. The Labute approximate surface area is 159 Å². The van der Waals surface area contributed by atoms with E-state index >= 15 is 0 Å². The Morgan fingerprint density at radius 2 is 1.78 bits per heavy atom. The van der Waals surface area contributed by atoms with E-state index in [1.165, 1.54) is 31.9 Å². The largest absolute Gasteiger partial charge is 0.493 e. The highest BCUT2D eigenvalue weighted by atomic mass is 32.2. The van der Waals surface area contributed by atoms with Gasteiger partial charge in [-0.1, -0.05) is 18.2 Å². The lowest BCUT2D eigenvalue weighted by Crippen LogP contribution is -2.26. The highest BCUT2D eigenvalue weighted by Crippen LogP contribution is 2.29. The molecule has 0 unspecified atom stereocenters. The van der Waals surface area contributed by atoms with Crippen molar-refractivity contribution in [1.29, 1.82) is 0 Å². The van der Waals surface area contributed by atoms with Gasteiger partial charge in [-0.2, -0.15) is 0 Å². The summed E-state index contributed by atoms with van der Waals surface area (Å²) in [6.07, 6.45) is 0.599. The Morgan fingerprint density at radius 1 is 1.04 bits per heavy atom. The van der Waals surface area contributed by atoms with E-state index in [-0.39, 0.29) is 4.90 Å². The predicted molar refractivity (Wildman–Crippen MR) is 106 cm³/mol. The lowest BCUT2D eigenvalue weighted by molar-refractivity contribution is 0.354. The second-order valence-corrected chi connectivity index (χ2v) is 8.16. The van der Waals surface area contributed by atoms with Crippen LogP contribution in [0.15, 0.2) is 41.3 Å². The minimum absolute atomic E-state index is 0.145. The van der Waals surface area contributed by atoms with Gasteiger partial charge < -0.3 is 14.5 Å². The summed E-state index contributed by atoms with van der Waals surface area (Å²) in [5.74, 6) is 0.865. The van der Waals surface area contributed by atoms with Crippen LogP contribution in [0.2, 0.25) is 0 Å². The van der Waals surface area contributed by atoms with E-state index in [0.29, 0.717) is 24.5 Å². The Bertz CT molecular complexity index is 1070. The fourth-order valence-corrected chi connectivity index (χ4v) is 4.30. The van der Waals surface area contributed by atoms with Gasteiger partial charge in [-0.15, -0.1) is 0 Å². The maximum Gasteiger partial charge on any atom is 0.240 e. The van der Waals surface area contributed by atoms with Crippen LogP contribution >= 0.6 is 0 Å². The van der Waals surface area contributed by atoms with Gasteiger partial charge in [0.2, 0.25) is 10.0 Å². The van der Waals surface area contributed by atoms with Gasteiger partial charge in [-0.25, -0.2) is 13.1 Å². The molecule has 0 aliphatic rings. The van der Waals surface area contributed by atoms with Gasteiger partial charge in [0.1, 0.15) is 0 Å². The number of rotatable bonds is 7. The number of fused-ring (bicyclic) bond motifs is 1. The van der Waals surface area contributed by atoms with Crippen LogP contribution in [-0.2, 0) is 16.4 Å². The summed E-state index contributed by atoms with van der Waals surface area (Å²) >= 11 is 0. The predicted octanol–water partition coefficient (Wildman–Crippen LogP) is 3.32. The first kappa shape index (κ1) is 19.3. The van der Waals surface area contributed by atoms with Crippen LogP contribution in [0.25, 0.3) is 10.9 Å². The minimum Gasteiger partial charge on any atom is -0.493 e. The van der Waals surface area contributed by atoms with E-state index < -0.39 is 10.0 Å². The first-order valence-electron chi connectivity index (χ1n) is 8.66. The molecule has 0 atom stereocenters. The van der Waals surface area contributed by atoms with Gasteiger partial charge in [0.15, 0.2) is 11.5 Å². The molecule has 0 bridgehead atoms. The summed E-state index contributed by atoms with van der Waals surface area (Å²) in [5, 5.41) is 1.14. The van der Waals surface area contributed by atoms with Crippen molar-refractivity contribution in [3.05, 3.63) is 53.2 Å². The summed E-state index contributed by atoms with van der Waals surface area (Å²) in [6, 6.07) is 10.7. The molecule has 2 N–H and O–H groups in total. The first-order valence-corrected chi connectivity index (χ1v) is 10.1. The van der Waals surface area contributed by atoms with Crippen molar-refractivity contribution in [1.82, 2.24) is 9.71 Å².